The number of imidazole rings is 2. The third-order valence-corrected chi connectivity index (χ3v) is 9.04. The van der Waals surface area contributed by atoms with Crippen LogP contribution in [0.4, 0.5) is 5.82 Å². The number of nitrogens with two attached hydrogens (primary N) is 1. The average molecular weight is 563 g/mol. The standard InChI is InChI=1S/C30H42N8O3/c1-17(2)37(13-23-26(39)30(40,14-41-23)38-16-34-25-27(31)32-15-33-28(25)38)20-10-18(11-20)6-9-24-35-21-8-7-19(29(3,4)5)12-22(21)36-24/h7-8,12,15-18,20,23,26,39-40H,6,9-11,13-14H2,1-5H3,(H,35,36)(H2,31,32,33)/t18-,20+,23-,26-,30-/m1/s1. The number of aliphatic hydroxyl groups is 2. The quantitative estimate of drug-likeness (QED) is 0.254. The number of anilines is 1. The number of aryl methyl sites for hydroxylation is 1. The first-order chi connectivity index (χ1) is 19.4. The Kier molecular flexibility index (Phi) is 7.04. The molecule has 0 radical (unpaired) electrons. The largest absolute Gasteiger partial charge is 0.385 e. The molecule has 0 bridgehead atoms. The van der Waals surface area contributed by atoms with Gasteiger partial charge in [-0.15, -0.1) is 0 Å². The van der Waals surface area contributed by atoms with Crippen LogP contribution in [0.25, 0.3) is 22.2 Å². The number of nitrogens with one attached hydrogen (secondary N) is 1. The zero-order valence-electron chi connectivity index (χ0n) is 24.6. The maximum atomic E-state index is 11.5. The van der Waals surface area contributed by atoms with Gasteiger partial charge in [0.15, 0.2) is 17.2 Å². The summed E-state index contributed by atoms with van der Waals surface area (Å²) in [5, 5.41) is 22.7. The number of H-pyrrole nitrogens is 1. The molecule has 0 amide bonds. The zero-order chi connectivity index (χ0) is 29.1. The molecule has 3 aromatic heterocycles. The van der Waals surface area contributed by atoms with E-state index in [0.29, 0.717) is 29.7 Å². The van der Waals surface area contributed by atoms with Gasteiger partial charge in [-0.1, -0.05) is 26.8 Å². The van der Waals surface area contributed by atoms with Crippen LogP contribution in [0, 0.1) is 5.92 Å². The molecule has 5 N–H and O–H groups in total. The number of benzene rings is 1. The minimum Gasteiger partial charge on any atom is -0.385 e. The molecule has 1 saturated carbocycles. The summed E-state index contributed by atoms with van der Waals surface area (Å²) in [6, 6.07) is 7.23. The molecule has 11 heteroatoms. The number of nitrogens with zero attached hydrogens (tertiary/aromatic N) is 6. The Hall–Kier alpha value is -3.12. The Morgan fingerprint density at radius 2 is 2.00 bits per heavy atom. The summed E-state index contributed by atoms with van der Waals surface area (Å²) in [5.74, 6) is 1.91. The maximum absolute atomic E-state index is 11.5. The van der Waals surface area contributed by atoms with E-state index in [0.717, 1.165) is 42.5 Å². The Balaban J connectivity index is 1.06. The highest BCUT2D eigenvalue weighted by Crippen LogP contribution is 2.38. The van der Waals surface area contributed by atoms with Gasteiger partial charge in [0, 0.05) is 25.0 Å². The fourth-order valence-electron chi connectivity index (χ4n) is 6.39. The Bertz CT molecular complexity index is 1540. The topological polar surface area (TPSA) is 151 Å². The fraction of sp³-hybridized carbons (Fsp3) is 0.600. The zero-order valence-corrected chi connectivity index (χ0v) is 24.6. The lowest BCUT2D eigenvalue weighted by molar-refractivity contribution is -0.110. The summed E-state index contributed by atoms with van der Waals surface area (Å²) < 4.78 is 7.45. The second-order valence-electron chi connectivity index (χ2n) is 13.2. The van der Waals surface area contributed by atoms with E-state index in [-0.39, 0.29) is 23.9 Å². The summed E-state index contributed by atoms with van der Waals surface area (Å²) >= 11 is 0. The van der Waals surface area contributed by atoms with Crippen molar-refractivity contribution in [3.8, 4) is 0 Å². The molecule has 6 rings (SSSR count). The van der Waals surface area contributed by atoms with Crippen molar-refractivity contribution in [3.05, 3.63) is 42.2 Å². The van der Waals surface area contributed by atoms with E-state index in [1.54, 1.807) is 0 Å². The molecule has 4 heterocycles. The van der Waals surface area contributed by atoms with Crippen LogP contribution in [0.3, 0.4) is 0 Å². The number of aromatic amines is 1. The van der Waals surface area contributed by atoms with Crippen molar-refractivity contribution in [1.82, 2.24) is 34.4 Å². The number of fused-ring (bicyclic) bond motifs is 2. The van der Waals surface area contributed by atoms with Gasteiger partial charge in [-0.05, 0) is 62.1 Å². The van der Waals surface area contributed by atoms with Crippen molar-refractivity contribution in [2.45, 2.75) is 95.7 Å². The van der Waals surface area contributed by atoms with Gasteiger partial charge in [-0.3, -0.25) is 9.47 Å². The second-order valence-corrected chi connectivity index (χ2v) is 13.2. The molecule has 2 fully saturated rings. The van der Waals surface area contributed by atoms with Crippen molar-refractivity contribution >= 4 is 28.0 Å². The number of hydrogen-bond donors (Lipinski definition) is 4. The van der Waals surface area contributed by atoms with Crippen LogP contribution in [0.15, 0.2) is 30.9 Å². The van der Waals surface area contributed by atoms with E-state index in [2.05, 4.69) is 77.7 Å². The van der Waals surface area contributed by atoms with E-state index >= 15 is 0 Å². The van der Waals surface area contributed by atoms with E-state index in [1.165, 1.54) is 22.8 Å². The normalized spacial score (nSPS) is 27.0. The molecule has 41 heavy (non-hydrogen) atoms. The molecule has 0 spiro atoms. The Morgan fingerprint density at radius 1 is 1.22 bits per heavy atom. The highest BCUT2D eigenvalue weighted by atomic mass is 16.5. The monoisotopic (exact) mass is 562 g/mol. The first-order valence-corrected chi connectivity index (χ1v) is 14.6. The number of nitrogen functional groups attached to an aromatic ring is 1. The molecular formula is C30H42N8O3. The minimum absolute atomic E-state index is 0.0673. The molecule has 1 aromatic carbocycles. The Labute approximate surface area is 240 Å². The molecule has 1 aliphatic heterocycles. The van der Waals surface area contributed by atoms with Crippen molar-refractivity contribution in [1.29, 1.82) is 0 Å². The second kappa shape index (κ2) is 10.3. The van der Waals surface area contributed by atoms with Gasteiger partial charge in [-0.2, -0.15) is 0 Å². The van der Waals surface area contributed by atoms with E-state index in [1.807, 2.05) is 0 Å². The molecule has 2 aliphatic rings. The van der Waals surface area contributed by atoms with Crippen molar-refractivity contribution in [3.63, 3.8) is 0 Å². The molecule has 4 aromatic rings. The van der Waals surface area contributed by atoms with Crippen LogP contribution < -0.4 is 5.73 Å². The predicted octanol–water partition coefficient (Wildman–Crippen LogP) is 3.11. The number of rotatable bonds is 8. The number of hydrogen-bond acceptors (Lipinski definition) is 9. The van der Waals surface area contributed by atoms with Gasteiger partial charge in [0.25, 0.3) is 0 Å². The number of aromatic nitrogens is 6. The van der Waals surface area contributed by atoms with Gasteiger partial charge in [0.2, 0.25) is 0 Å². The lowest BCUT2D eigenvalue weighted by Crippen LogP contribution is -2.54. The van der Waals surface area contributed by atoms with Crippen LogP contribution in [0.5, 0.6) is 0 Å². The average Bonchev–Trinajstić information content (AvgIpc) is 3.58. The van der Waals surface area contributed by atoms with Crippen LogP contribution in [-0.4, -0.2) is 82.0 Å². The third-order valence-electron chi connectivity index (χ3n) is 9.04. The summed E-state index contributed by atoms with van der Waals surface area (Å²) in [7, 11) is 0. The summed E-state index contributed by atoms with van der Waals surface area (Å²) in [4.78, 5) is 23.2. The van der Waals surface area contributed by atoms with Gasteiger partial charge in [0.1, 0.15) is 29.9 Å². The van der Waals surface area contributed by atoms with Crippen LogP contribution >= 0.6 is 0 Å². The molecular weight excluding hydrogens is 520 g/mol. The van der Waals surface area contributed by atoms with Crippen LogP contribution in [0.2, 0.25) is 0 Å². The summed E-state index contributed by atoms with van der Waals surface area (Å²) in [5.41, 5.74) is 8.52. The Morgan fingerprint density at radius 3 is 2.73 bits per heavy atom. The summed E-state index contributed by atoms with van der Waals surface area (Å²) in [6.07, 6.45) is 5.28. The molecule has 11 nitrogen and oxygen atoms in total. The van der Waals surface area contributed by atoms with Crippen molar-refractivity contribution in [2.75, 3.05) is 18.9 Å². The van der Waals surface area contributed by atoms with E-state index in [4.69, 9.17) is 15.5 Å². The van der Waals surface area contributed by atoms with E-state index < -0.39 is 17.9 Å². The number of ether oxygens (including phenoxy) is 1. The van der Waals surface area contributed by atoms with Gasteiger partial charge < -0.3 is 25.7 Å². The molecule has 1 aliphatic carbocycles. The fourth-order valence-corrected chi connectivity index (χ4v) is 6.39. The maximum Gasteiger partial charge on any atom is 0.197 e. The molecule has 1 saturated heterocycles. The highest BCUT2D eigenvalue weighted by Gasteiger charge is 2.51. The first kappa shape index (κ1) is 28.0. The van der Waals surface area contributed by atoms with Crippen molar-refractivity contribution in [2.24, 2.45) is 5.92 Å². The lowest BCUT2D eigenvalue weighted by Gasteiger charge is -2.46. The van der Waals surface area contributed by atoms with Gasteiger partial charge >= 0.3 is 0 Å². The van der Waals surface area contributed by atoms with Crippen LogP contribution in [0.1, 0.15) is 65.3 Å². The van der Waals surface area contributed by atoms with Gasteiger partial charge in [-0.25, -0.2) is 19.9 Å². The SMILES string of the molecule is CC(C)N(C[C@H]1OC[C@](O)(n2cnc3c(N)ncnc32)[C@@H]1O)[C@H]1C[C@@H](CCc2nc3cc(C(C)(C)C)ccc3[nH]2)C1. The molecule has 3 atom stereocenters. The predicted molar refractivity (Wildman–Crippen MR) is 157 cm³/mol. The summed E-state index contributed by atoms with van der Waals surface area (Å²) in [6.45, 7) is 11.5. The molecule has 0 unspecified atom stereocenters. The van der Waals surface area contributed by atoms with Crippen molar-refractivity contribution < 1.29 is 14.9 Å². The van der Waals surface area contributed by atoms with Gasteiger partial charge in [0.05, 0.1) is 24.0 Å². The first-order valence-electron chi connectivity index (χ1n) is 14.6. The third kappa shape index (κ3) is 5.09. The van der Waals surface area contributed by atoms with Crippen LogP contribution in [-0.2, 0) is 22.3 Å². The minimum atomic E-state index is -1.69. The lowest BCUT2D eigenvalue weighted by atomic mass is 9.76. The molecule has 220 valence electrons. The smallest absolute Gasteiger partial charge is 0.197 e. The van der Waals surface area contributed by atoms with E-state index in [9.17, 15) is 10.2 Å². The highest BCUT2D eigenvalue weighted by molar-refractivity contribution is 5.81. The number of aliphatic hydroxyl groups excluding tert-OH is 1.